The van der Waals surface area contributed by atoms with E-state index in [4.69, 9.17) is 5.11 Å². The van der Waals surface area contributed by atoms with Crippen LogP contribution in [0.1, 0.15) is 12.0 Å². The van der Waals surface area contributed by atoms with Crippen LogP contribution in [0.3, 0.4) is 0 Å². The van der Waals surface area contributed by atoms with Crippen LogP contribution in [0.4, 0.5) is 11.4 Å². The molecule has 0 radical (unpaired) electrons. The molecule has 1 saturated heterocycles. The summed E-state index contributed by atoms with van der Waals surface area (Å²) >= 11 is 0. The molecular formula is C14H21N3O4. The second-order valence-corrected chi connectivity index (χ2v) is 5.70. The monoisotopic (exact) mass is 295 g/mol. The lowest BCUT2D eigenvalue weighted by Crippen LogP contribution is -2.37. The lowest BCUT2D eigenvalue weighted by atomic mass is 10.1. The van der Waals surface area contributed by atoms with Gasteiger partial charge in [0, 0.05) is 25.2 Å². The van der Waals surface area contributed by atoms with Crippen molar-refractivity contribution in [3.63, 3.8) is 0 Å². The Labute approximate surface area is 123 Å². The van der Waals surface area contributed by atoms with Gasteiger partial charge in [0.2, 0.25) is 0 Å². The highest BCUT2D eigenvalue weighted by Crippen LogP contribution is 2.34. The fraction of sp³-hybridized carbons (Fsp3) is 0.571. The number of nitrogens with zero attached hydrogens (tertiary/aromatic N) is 3. The molecule has 0 saturated carbocycles. The van der Waals surface area contributed by atoms with E-state index in [0.717, 1.165) is 6.54 Å². The first kappa shape index (κ1) is 15.7. The van der Waals surface area contributed by atoms with Crippen molar-refractivity contribution in [1.29, 1.82) is 0 Å². The van der Waals surface area contributed by atoms with Gasteiger partial charge in [-0.25, -0.2) is 0 Å². The number of nitro groups is 1. The Morgan fingerprint density at radius 2 is 2.19 bits per heavy atom. The maximum absolute atomic E-state index is 11.3. The summed E-state index contributed by atoms with van der Waals surface area (Å²) in [5, 5.41) is 30.3. The fourth-order valence-electron chi connectivity index (χ4n) is 2.84. The second kappa shape index (κ2) is 6.38. The Bertz CT molecular complexity index is 521. The van der Waals surface area contributed by atoms with Crippen LogP contribution < -0.4 is 4.90 Å². The van der Waals surface area contributed by atoms with Crippen molar-refractivity contribution >= 4 is 11.4 Å². The number of anilines is 1. The van der Waals surface area contributed by atoms with E-state index in [1.807, 2.05) is 23.9 Å². The number of aliphatic hydroxyl groups is 2. The highest BCUT2D eigenvalue weighted by molar-refractivity contribution is 5.65. The first-order chi connectivity index (χ1) is 9.92. The predicted molar refractivity (Wildman–Crippen MR) is 79.3 cm³/mol. The van der Waals surface area contributed by atoms with Crippen molar-refractivity contribution in [2.45, 2.75) is 25.2 Å². The van der Waals surface area contributed by atoms with Crippen molar-refractivity contribution in [2.75, 3.05) is 32.1 Å². The molecule has 7 nitrogen and oxygen atoms in total. The fourth-order valence-corrected chi connectivity index (χ4v) is 2.84. The second-order valence-electron chi connectivity index (χ2n) is 5.70. The number of hydrogen-bond donors (Lipinski definition) is 2. The minimum Gasteiger partial charge on any atom is -0.392 e. The zero-order chi connectivity index (χ0) is 15.6. The number of likely N-dealkylation sites (N-methyl/N-ethyl adjacent to an activating group) is 1. The minimum atomic E-state index is -0.480. The zero-order valence-electron chi connectivity index (χ0n) is 12.3. The number of aliphatic hydroxyl groups excluding tert-OH is 2. The highest BCUT2D eigenvalue weighted by atomic mass is 16.6. The van der Waals surface area contributed by atoms with Crippen LogP contribution in [0.2, 0.25) is 0 Å². The van der Waals surface area contributed by atoms with Crippen molar-refractivity contribution < 1.29 is 15.1 Å². The minimum absolute atomic E-state index is 0.0283. The molecule has 1 aliphatic heterocycles. The molecule has 2 N–H and O–H groups in total. The molecule has 0 aromatic heterocycles. The summed E-state index contributed by atoms with van der Waals surface area (Å²) < 4.78 is 0. The highest BCUT2D eigenvalue weighted by Gasteiger charge is 2.34. The third-order valence-corrected chi connectivity index (χ3v) is 3.70. The molecule has 1 aromatic carbocycles. The summed E-state index contributed by atoms with van der Waals surface area (Å²) in [5.74, 6) is 0. The van der Waals surface area contributed by atoms with Gasteiger partial charge in [0.05, 0.1) is 17.6 Å². The Morgan fingerprint density at radius 3 is 2.76 bits per heavy atom. The largest absolute Gasteiger partial charge is 0.392 e. The Kier molecular flexibility index (Phi) is 4.76. The molecule has 2 atom stereocenters. The van der Waals surface area contributed by atoms with E-state index >= 15 is 0 Å². The quantitative estimate of drug-likeness (QED) is 0.610. The Balaban J connectivity index is 2.36. The molecule has 0 amide bonds. The lowest BCUT2D eigenvalue weighted by molar-refractivity contribution is -0.384. The first-order valence-electron chi connectivity index (χ1n) is 6.90. The van der Waals surface area contributed by atoms with Gasteiger partial charge < -0.3 is 20.0 Å². The van der Waals surface area contributed by atoms with Crippen LogP contribution in [0.5, 0.6) is 0 Å². The maximum atomic E-state index is 11.3. The maximum Gasteiger partial charge on any atom is 0.292 e. The van der Waals surface area contributed by atoms with Gasteiger partial charge in [-0.15, -0.1) is 0 Å². The van der Waals surface area contributed by atoms with Crippen molar-refractivity contribution in [3.05, 3.63) is 33.9 Å². The smallest absolute Gasteiger partial charge is 0.292 e. The molecule has 1 heterocycles. The van der Waals surface area contributed by atoms with Crippen LogP contribution in [0, 0.1) is 10.1 Å². The molecule has 7 heteroatoms. The zero-order valence-corrected chi connectivity index (χ0v) is 12.3. The van der Waals surface area contributed by atoms with E-state index in [1.165, 1.54) is 6.07 Å². The van der Waals surface area contributed by atoms with Crippen molar-refractivity contribution in [2.24, 2.45) is 0 Å². The Morgan fingerprint density at radius 1 is 1.48 bits per heavy atom. The summed E-state index contributed by atoms with van der Waals surface area (Å²) in [5.41, 5.74) is 0.981. The standard InChI is InChI=1S/C14H21N3O4/c1-15(2)7-11-6-12(19)8-16(11)13-4-3-10(9-18)5-14(13)17(20)21/h3-5,11-12,18-19H,6-9H2,1-2H3. The van der Waals surface area contributed by atoms with Crippen LogP contribution in [0.15, 0.2) is 18.2 Å². The van der Waals surface area contributed by atoms with E-state index in [1.54, 1.807) is 12.1 Å². The molecule has 0 spiro atoms. The van der Waals surface area contributed by atoms with Crippen molar-refractivity contribution in [1.82, 2.24) is 4.90 Å². The molecule has 0 aliphatic carbocycles. The van der Waals surface area contributed by atoms with Gasteiger partial charge in [-0.1, -0.05) is 6.07 Å². The Hall–Kier alpha value is -1.70. The number of benzene rings is 1. The number of hydrogen-bond acceptors (Lipinski definition) is 6. The molecular weight excluding hydrogens is 274 g/mol. The molecule has 1 aromatic rings. The SMILES string of the molecule is CN(C)CC1CC(O)CN1c1ccc(CO)cc1[N+](=O)[O-]. The van der Waals surface area contributed by atoms with Crippen LogP contribution in [0.25, 0.3) is 0 Å². The molecule has 0 bridgehead atoms. The molecule has 2 rings (SSSR count). The lowest BCUT2D eigenvalue weighted by Gasteiger charge is -2.28. The van der Waals surface area contributed by atoms with Crippen LogP contribution in [-0.4, -0.2) is 59.4 Å². The van der Waals surface area contributed by atoms with Gasteiger partial charge in [0.15, 0.2) is 0 Å². The number of nitro benzene ring substituents is 1. The molecule has 116 valence electrons. The summed E-state index contributed by atoms with van der Waals surface area (Å²) in [6.07, 6.45) is 0.115. The van der Waals surface area contributed by atoms with Crippen LogP contribution >= 0.6 is 0 Å². The molecule has 21 heavy (non-hydrogen) atoms. The number of β-amino-alcohol motifs (C(OH)–C–C–N with tert-alkyl or cyclic N) is 1. The van der Waals surface area contributed by atoms with Gasteiger partial charge in [0.1, 0.15) is 5.69 Å². The normalized spacial score (nSPS) is 22.0. The summed E-state index contributed by atoms with van der Waals surface area (Å²) in [6, 6.07) is 4.77. The van der Waals surface area contributed by atoms with Crippen molar-refractivity contribution in [3.8, 4) is 0 Å². The van der Waals surface area contributed by atoms with E-state index in [-0.39, 0.29) is 18.3 Å². The molecule has 2 unspecified atom stereocenters. The van der Waals surface area contributed by atoms with Crippen LogP contribution in [-0.2, 0) is 6.61 Å². The third kappa shape index (κ3) is 3.49. The molecule has 1 fully saturated rings. The first-order valence-corrected chi connectivity index (χ1v) is 6.90. The van der Waals surface area contributed by atoms with Gasteiger partial charge in [-0.2, -0.15) is 0 Å². The van der Waals surface area contributed by atoms with E-state index in [9.17, 15) is 15.2 Å². The van der Waals surface area contributed by atoms with E-state index < -0.39 is 11.0 Å². The average molecular weight is 295 g/mol. The summed E-state index contributed by atoms with van der Waals surface area (Å²) in [7, 11) is 3.87. The topological polar surface area (TPSA) is 90.1 Å². The predicted octanol–water partition coefficient (Wildman–Crippen LogP) is 0.588. The van der Waals surface area contributed by atoms with E-state index in [0.29, 0.717) is 24.2 Å². The van der Waals surface area contributed by atoms with Gasteiger partial charge in [-0.05, 0) is 32.1 Å². The molecule has 1 aliphatic rings. The third-order valence-electron chi connectivity index (χ3n) is 3.70. The summed E-state index contributed by atoms with van der Waals surface area (Å²) in [6.45, 7) is 0.874. The average Bonchev–Trinajstić information content (AvgIpc) is 2.77. The number of rotatable bonds is 5. The van der Waals surface area contributed by atoms with Gasteiger partial charge in [-0.3, -0.25) is 10.1 Å². The van der Waals surface area contributed by atoms with Gasteiger partial charge in [0.25, 0.3) is 5.69 Å². The summed E-state index contributed by atoms with van der Waals surface area (Å²) in [4.78, 5) is 14.7. The van der Waals surface area contributed by atoms with Gasteiger partial charge >= 0.3 is 0 Å². The van der Waals surface area contributed by atoms with E-state index in [2.05, 4.69) is 0 Å².